The van der Waals surface area contributed by atoms with Crippen LogP contribution in [0.2, 0.25) is 0 Å². The summed E-state index contributed by atoms with van der Waals surface area (Å²) in [6.45, 7) is 13.7. The first kappa shape index (κ1) is 10.2. The Morgan fingerprint density at radius 2 is 2.00 bits per heavy atom. The number of allylic oxidation sites excluding steroid dienone is 1. The van der Waals surface area contributed by atoms with Crippen LogP contribution in [0.4, 0.5) is 0 Å². The van der Waals surface area contributed by atoms with Crippen LogP contribution in [0.3, 0.4) is 0 Å². The average molecular weight is 151 g/mol. The summed E-state index contributed by atoms with van der Waals surface area (Å²) in [5.41, 5.74) is 1.18. The Morgan fingerprint density at radius 3 is 2.36 bits per heavy atom. The zero-order valence-corrected chi connectivity index (χ0v) is 7.67. The molecular weight excluding hydrogens is 134 g/mol. The Hall–Kier alpha value is -0.850. The molecule has 1 nitrogen and oxygen atoms in total. The molecular formula is C10H17N. The lowest BCUT2D eigenvalue weighted by Gasteiger charge is -2.15. The maximum absolute atomic E-state index is 4.26. The summed E-state index contributed by atoms with van der Waals surface area (Å²) in [5, 5.41) is 0. The Morgan fingerprint density at radius 1 is 1.45 bits per heavy atom. The van der Waals surface area contributed by atoms with Crippen LogP contribution in [-0.4, -0.2) is 12.3 Å². The molecule has 0 heterocycles. The van der Waals surface area contributed by atoms with Gasteiger partial charge >= 0.3 is 0 Å². The molecule has 0 aliphatic rings. The van der Waals surface area contributed by atoms with Crippen LogP contribution < -0.4 is 0 Å². The molecule has 0 bridgehead atoms. The average Bonchev–Trinajstić information content (AvgIpc) is 1.98. The largest absolute Gasteiger partial charge is 0.290 e. The van der Waals surface area contributed by atoms with Crippen molar-refractivity contribution in [1.82, 2.24) is 0 Å². The highest BCUT2D eigenvalue weighted by Crippen LogP contribution is 2.14. The van der Waals surface area contributed by atoms with Crippen LogP contribution in [0.5, 0.6) is 0 Å². The number of hydrogen-bond donors (Lipinski definition) is 0. The van der Waals surface area contributed by atoms with Crippen LogP contribution in [-0.2, 0) is 0 Å². The SMILES string of the molecule is C=CC=NC(C)[C@@H](C)C(=C)C. The van der Waals surface area contributed by atoms with E-state index in [1.54, 1.807) is 12.3 Å². The fourth-order valence-electron chi connectivity index (χ4n) is 0.737. The summed E-state index contributed by atoms with van der Waals surface area (Å²) < 4.78 is 0. The summed E-state index contributed by atoms with van der Waals surface area (Å²) in [6.07, 6.45) is 3.44. The molecule has 1 unspecified atom stereocenters. The molecule has 0 aliphatic carbocycles. The molecule has 62 valence electrons. The van der Waals surface area contributed by atoms with Crippen LogP contribution in [0.25, 0.3) is 0 Å². The third kappa shape index (κ3) is 3.76. The topological polar surface area (TPSA) is 12.4 Å². The van der Waals surface area contributed by atoms with E-state index in [0.29, 0.717) is 12.0 Å². The van der Waals surface area contributed by atoms with Gasteiger partial charge < -0.3 is 0 Å². The Kier molecular flexibility index (Phi) is 4.51. The first-order valence-corrected chi connectivity index (χ1v) is 3.89. The highest BCUT2D eigenvalue weighted by atomic mass is 14.8. The summed E-state index contributed by atoms with van der Waals surface area (Å²) in [4.78, 5) is 4.26. The second kappa shape index (κ2) is 4.89. The number of nitrogens with zero attached hydrogens (tertiary/aromatic N) is 1. The van der Waals surface area contributed by atoms with Gasteiger partial charge in [0, 0.05) is 6.21 Å². The van der Waals surface area contributed by atoms with Gasteiger partial charge in [0.25, 0.3) is 0 Å². The molecule has 0 fully saturated rings. The van der Waals surface area contributed by atoms with Crippen molar-refractivity contribution in [2.45, 2.75) is 26.8 Å². The van der Waals surface area contributed by atoms with Crippen molar-refractivity contribution >= 4 is 6.21 Å². The summed E-state index contributed by atoms with van der Waals surface area (Å²) >= 11 is 0. The number of hydrogen-bond acceptors (Lipinski definition) is 1. The van der Waals surface area contributed by atoms with Crippen molar-refractivity contribution in [3.63, 3.8) is 0 Å². The van der Waals surface area contributed by atoms with Gasteiger partial charge in [0.1, 0.15) is 0 Å². The standard InChI is InChI=1S/C10H17N/c1-6-7-11-10(5)9(4)8(2)3/h6-7,9-10H,1-2H2,3-5H3/t9-,10?/m0/s1. The van der Waals surface area contributed by atoms with E-state index < -0.39 is 0 Å². The molecule has 0 rings (SSSR count). The molecule has 0 aromatic carbocycles. The van der Waals surface area contributed by atoms with Gasteiger partial charge in [-0.3, -0.25) is 4.99 Å². The van der Waals surface area contributed by atoms with Gasteiger partial charge in [-0.05, 0) is 19.8 Å². The van der Waals surface area contributed by atoms with Gasteiger partial charge in [-0.25, -0.2) is 0 Å². The van der Waals surface area contributed by atoms with Crippen molar-refractivity contribution in [3.8, 4) is 0 Å². The maximum Gasteiger partial charge on any atom is 0.0533 e. The molecule has 0 saturated carbocycles. The Balaban J connectivity index is 4.01. The zero-order valence-electron chi connectivity index (χ0n) is 7.67. The van der Waals surface area contributed by atoms with Crippen LogP contribution in [0.15, 0.2) is 29.8 Å². The smallest absolute Gasteiger partial charge is 0.0533 e. The molecule has 0 aromatic heterocycles. The molecule has 0 spiro atoms. The predicted octanol–water partition coefficient (Wildman–Crippen LogP) is 2.84. The van der Waals surface area contributed by atoms with E-state index >= 15 is 0 Å². The quantitative estimate of drug-likeness (QED) is 0.433. The van der Waals surface area contributed by atoms with Crippen molar-refractivity contribution in [1.29, 1.82) is 0 Å². The van der Waals surface area contributed by atoms with E-state index in [2.05, 4.69) is 32.0 Å². The second-order valence-electron chi connectivity index (χ2n) is 2.91. The van der Waals surface area contributed by atoms with E-state index in [1.165, 1.54) is 5.57 Å². The van der Waals surface area contributed by atoms with E-state index in [0.717, 1.165) is 0 Å². The lowest BCUT2D eigenvalue weighted by Crippen LogP contribution is -2.12. The van der Waals surface area contributed by atoms with Gasteiger partial charge in [0.2, 0.25) is 0 Å². The lowest BCUT2D eigenvalue weighted by atomic mass is 9.97. The minimum atomic E-state index is 0.311. The van der Waals surface area contributed by atoms with Gasteiger partial charge in [0.15, 0.2) is 0 Å². The van der Waals surface area contributed by atoms with E-state index in [-0.39, 0.29) is 0 Å². The summed E-state index contributed by atoms with van der Waals surface area (Å²) in [6, 6.07) is 0.311. The monoisotopic (exact) mass is 151 g/mol. The second-order valence-corrected chi connectivity index (χ2v) is 2.91. The van der Waals surface area contributed by atoms with Gasteiger partial charge in [-0.15, -0.1) is 0 Å². The minimum Gasteiger partial charge on any atom is -0.290 e. The van der Waals surface area contributed by atoms with E-state index in [4.69, 9.17) is 0 Å². The van der Waals surface area contributed by atoms with Crippen LogP contribution in [0, 0.1) is 5.92 Å². The molecule has 0 saturated heterocycles. The maximum atomic E-state index is 4.26. The highest BCUT2D eigenvalue weighted by molar-refractivity contribution is 5.70. The molecule has 2 atom stereocenters. The molecule has 11 heavy (non-hydrogen) atoms. The fourth-order valence-corrected chi connectivity index (χ4v) is 0.737. The fraction of sp³-hybridized carbons (Fsp3) is 0.500. The molecule has 0 N–H and O–H groups in total. The molecule has 1 heteroatoms. The normalized spacial score (nSPS) is 16.3. The van der Waals surface area contributed by atoms with Crippen LogP contribution in [0.1, 0.15) is 20.8 Å². The Labute approximate surface area is 69.5 Å². The van der Waals surface area contributed by atoms with E-state index in [1.807, 2.05) is 6.92 Å². The zero-order chi connectivity index (χ0) is 8.85. The molecule has 0 radical (unpaired) electrons. The number of rotatable bonds is 4. The van der Waals surface area contributed by atoms with Crippen LogP contribution >= 0.6 is 0 Å². The minimum absolute atomic E-state index is 0.311. The predicted molar refractivity (Wildman–Crippen MR) is 52.1 cm³/mol. The first-order chi connectivity index (χ1) is 5.09. The van der Waals surface area contributed by atoms with Crippen molar-refractivity contribution in [2.24, 2.45) is 10.9 Å². The first-order valence-electron chi connectivity index (χ1n) is 3.89. The molecule has 0 aliphatic heterocycles. The summed E-state index contributed by atoms with van der Waals surface area (Å²) in [7, 11) is 0. The van der Waals surface area contributed by atoms with E-state index in [9.17, 15) is 0 Å². The highest BCUT2D eigenvalue weighted by Gasteiger charge is 2.09. The van der Waals surface area contributed by atoms with Gasteiger partial charge in [-0.1, -0.05) is 31.7 Å². The Bertz CT molecular complexity index is 168. The lowest BCUT2D eigenvalue weighted by molar-refractivity contribution is 0.559. The number of aliphatic imine (C=N–C) groups is 1. The van der Waals surface area contributed by atoms with Crippen molar-refractivity contribution < 1.29 is 0 Å². The summed E-state index contributed by atoms with van der Waals surface area (Å²) in [5.74, 6) is 0.450. The van der Waals surface area contributed by atoms with Gasteiger partial charge in [0.05, 0.1) is 6.04 Å². The third-order valence-electron chi connectivity index (χ3n) is 1.93. The molecule has 0 aromatic rings. The molecule has 0 amide bonds. The van der Waals surface area contributed by atoms with Crippen molar-refractivity contribution in [2.75, 3.05) is 0 Å². The van der Waals surface area contributed by atoms with Crippen molar-refractivity contribution in [3.05, 3.63) is 24.8 Å². The third-order valence-corrected chi connectivity index (χ3v) is 1.93. The van der Waals surface area contributed by atoms with Gasteiger partial charge in [-0.2, -0.15) is 0 Å².